The molecular formula is C18H24O2. The average molecular weight is 272 g/mol. The van der Waals surface area contributed by atoms with Gasteiger partial charge in [0, 0.05) is 5.39 Å². The van der Waals surface area contributed by atoms with E-state index in [1.165, 1.54) is 24.8 Å². The fraction of sp³-hybridized carbons (Fsp3) is 0.556. The van der Waals surface area contributed by atoms with Gasteiger partial charge in [0.2, 0.25) is 0 Å². The molecule has 1 aliphatic rings. The van der Waals surface area contributed by atoms with E-state index in [1.54, 1.807) is 0 Å². The number of aliphatic hydroxyl groups is 1. The maximum atomic E-state index is 10.6. The summed E-state index contributed by atoms with van der Waals surface area (Å²) in [6.07, 6.45) is 5.58. The molecule has 0 saturated heterocycles. The Morgan fingerprint density at radius 2 is 2.15 bits per heavy atom. The largest absolute Gasteiger partial charge is 0.458 e. The van der Waals surface area contributed by atoms with E-state index in [9.17, 15) is 5.11 Å². The topological polar surface area (TPSA) is 33.4 Å². The first-order chi connectivity index (χ1) is 9.67. The van der Waals surface area contributed by atoms with Crippen LogP contribution in [0.15, 0.2) is 28.7 Å². The third-order valence-electron chi connectivity index (χ3n) is 4.83. The molecule has 0 aliphatic heterocycles. The normalized spacial score (nSPS) is 24.9. The summed E-state index contributed by atoms with van der Waals surface area (Å²) in [5, 5.41) is 11.7. The van der Waals surface area contributed by atoms with Gasteiger partial charge in [-0.05, 0) is 49.8 Å². The number of furan rings is 1. The van der Waals surface area contributed by atoms with Gasteiger partial charge < -0.3 is 9.52 Å². The minimum atomic E-state index is -0.447. The molecule has 1 aliphatic carbocycles. The Kier molecular flexibility index (Phi) is 3.84. The van der Waals surface area contributed by atoms with Crippen molar-refractivity contribution < 1.29 is 9.52 Å². The first-order valence-corrected chi connectivity index (χ1v) is 7.85. The van der Waals surface area contributed by atoms with Gasteiger partial charge in [0.25, 0.3) is 0 Å². The van der Waals surface area contributed by atoms with Gasteiger partial charge in [-0.3, -0.25) is 0 Å². The highest BCUT2D eigenvalue weighted by molar-refractivity contribution is 5.78. The summed E-state index contributed by atoms with van der Waals surface area (Å²) in [7, 11) is 0. The van der Waals surface area contributed by atoms with Gasteiger partial charge in [0.05, 0.1) is 0 Å². The summed E-state index contributed by atoms with van der Waals surface area (Å²) in [6, 6.07) is 8.18. The Morgan fingerprint density at radius 1 is 1.30 bits per heavy atom. The zero-order valence-corrected chi connectivity index (χ0v) is 12.4. The number of benzene rings is 1. The molecule has 3 unspecified atom stereocenters. The Morgan fingerprint density at radius 3 is 2.95 bits per heavy atom. The minimum Gasteiger partial charge on any atom is -0.458 e. The van der Waals surface area contributed by atoms with E-state index in [2.05, 4.69) is 26.0 Å². The molecule has 1 aromatic heterocycles. The van der Waals surface area contributed by atoms with Gasteiger partial charge in [-0.25, -0.2) is 0 Å². The highest BCUT2D eigenvalue weighted by atomic mass is 16.4. The molecule has 0 bridgehead atoms. The summed E-state index contributed by atoms with van der Waals surface area (Å²) in [6.45, 7) is 4.33. The summed E-state index contributed by atoms with van der Waals surface area (Å²) < 4.78 is 5.86. The van der Waals surface area contributed by atoms with Crippen molar-refractivity contribution in [3.8, 4) is 0 Å². The van der Waals surface area contributed by atoms with E-state index in [-0.39, 0.29) is 0 Å². The van der Waals surface area contributed by atoms with E-state index < -0.39 is 6.10 Å². The predicted molar refractivity (Wildman–Crippen MR) is 81.6 cm³/mol. The molecular weight excluding hydrogens is 248 g/mol. The van der Waals surface area contributed by atoms with Crippen LogP contribution in [-0.2, 0) is 0 Å². The van der Waals surface area contributed by atoms with Crippen molar-refractivity contribution in [3.05, 3.63) is 35.6 Å². The number of fused-ring (bicyclic) bond motifs is 1. The maximum absolute atomic E-state index is 10.6. The van der Waals surface area contributed by atoms with E-state index in [0.29, 0.717) is 5.92 Å². The molecule has 108 valence electrons. The lowest BCUT2D eigenvalue weighted by Gasteiger charge is -2.30. The van der Waals surface area contributed by atoms with Gasteiger partial charge in [-0.1, -0.05) is 37.8 Å². The van der Waals surface area contributed by atoms with Crippen LogP contribution < -0.4 is 0 Å². The van der Waals surface area contributed by atoms with E-state index >= 15 is 0 Å². The Bertz CT molecular complexity index is 584. The molecule has 2 aromatic rings. The fourth-order valence-corrected chi connectivity index (χ4v) is 3.55. The van der Waals surface area contributed by atoms with Crippen molar-refractivity contribution in [2.24, 2.45) is 11.8 Å². The molecule has 3 rings (SSSR count). The van der Waals surface area contributed by atoms with Crippen molar-refractivity contribution in [2.45, 2.75) is 52.1 Å². The number of aryl methyl sites for hydroxylation is 1. The summed E-state index contributed by atoms with van der Waals surface area (Å²) in [5.74, 6) is 1.87. The van der Waals surface area contributed by atoms with Gasteiger partial charge in [-0.15, -0.1) is 0 Å². The molecule has 1 fully saturated rings. The van der Waals surface area contributed by atoms with Crippen molar-refractivity contribution in [2.75, 3.05) is 0 Å². The quantitative estimate of drug-likeness (QED) is 0.853. The van der Waals surface area contributed by atoms with Crippen LogP contribution in [0.4, 0.5) is 0 Å². The van der Waals surface area contributed by atoms with Crippen LogP contribution in [-0.4, -0.2) is 5.11 Å². The number of aliphatic hydroxyl groups excluding tert-OH is 1. The molecule has 20 heavy (non-hydrogen) atoms. The molecule has 1 N–H and O–H groups in total. The first kappa shape index (κ1) is 13.7. The molecule has 1 aromatic carbocycles. The van der Waals surface area contributed by atoms with Crippen molar-refractivity contribution in [1.82, 2.24) is 0 Å². The van der Waals surface area contributed by atoms with Crippen LogP contribution in [0.5, 0.6) is 0 Å². The van der Waals surface area contributed by atoms with Crippen LogP contribution in [0.25, 0.3) is 11.0 Å². The van der Waals surface area contributed by atoms with Crippen molar-refractivity contribution >= 4 is 11.0 Å². The SMILES string of the molecule is CCC1CCCC(C(O)c2cc3cc(C)ccc3o2)C1. The second kappa shape index (κ2) is 5.61. The second-order valence-corrected chi connectivity index (χ2v) is 6.34. The predicted octanol–water partition coefficient (Wildman–Crippen LogP) is 4.99. The van der Waals surface area contributed by atoms with Crippen LogP contribution in [0, 0.1) is 18.8 Å². The van der Waals surface area contributed by atoms with Crippen LogP contribution in [0.1, 0.15) is 56.5 Å². The Hall–Kier alpha value is -1.28. The molecule has 1 saturated carbocycles. The van der Waals surface area contributed by atoms with Crippen LogP contribution >= 0.6 is 0 Å². The number of rotatable bonds is 3. The molecule has 2 heteroatoms. The van der Waals surface area contributed by atoms with Gasteiger partial charge >= 0.3 is 0 Å². The third kappa shape index (κ3) is 2.62. The lowest BCUT2D eigenvalue weighted by Crippen LogP contribution is -2.21. The zero-order chi connectivity index (χ0) is 14.1. The number of hydrogen-bond acceptors (Lipinski definition) is 2. The monoisotopic (exact) mass is 272 g/mol. The van der Waals surface area contributed by atoms with Crippen molar-refractivity contribution in [1.29, 1.82) is 0 Å². The smallest absolute Gasteiger partial charge is 0.134 e. The molecule has 3 atom stereocenters. The highest BCUT2D eigenvalue weighted by Gasteiger charge is 2.29. The van der Waals surface area contributed by atoms with E-state index in [1.807, 2.05) is 12.1 Å². The summed E-state index contributed by atoms with van der Waals surface area (Å²) >= 11 is 0. The van der Waals surface area contributed by atoms with Gasteiger partial charge in [0.15, 0.2) is 0 Å². The highest BCUT2D eigenvalue weighted by Crippen LogP contribution is 2.39. The molecule has 0 radical (unpaired) electrons. The van der Waals surface area contributed by atoms with Crippen LogP contribution in [0.2, 0.25) is 0 Å². The molecule has 0 amide bonds. The standard InChI is InChI=1S/C18H24O2/c1-3-13-5-4-6-14(10-13)18(19)17-11-15-9-12(2)7-8-16(15)20-17/h7-9,11,13-14,18-19H,3-6,10H2,1-2H3. The lowest BCUT2D eigenvalue weighted by molar-refractivity contribution is 0.0520. The lowest BCUT2D eigenvalue weighted by atomic mass is 9.77. The fourth-order valence-electron chi connectivity index (χ4n) is 3.55. The second-order valence-electron chi connectivity index (χ2n) is 6.34. The summed E-state index contributed by atoms with van der Waals surface area (Å²) in [5.41, 5.74) is 2.11. The van der Waals surface area contributed by atoms with E-state index in [4.69, 9.17) is 4.42 Å². The molecule has 0 spiro atoms. The van der Waals surface area contributed by atoms with E-state index in [0.717, 1.165) is 35.5 Å². The zero-order valence-electron chi connectivity index (χ0n) is 12.4. The van der Waals surface area contributed by atoms with Crippen LogP contribution in [0.3, 0.4) is 0 Å². The Labute approximate surface area is 120 Å². The van der Waals surface area contributed by atoms with Crippen molar-refractivity contribution in [3.63, 3.8) is 0 Å². The van der Waals surface area contributed by atoms with Gasteiger partial charge in [-0.2, -0.15) is 0 Å². The maximum Gasteiger partial charge on any atom is 0.134 e. The average Bonchev–Trinajstić information content (AvgIpc) is 2.89. The molecule has 1 heterocycles. The summed E-state index contributed by atoms with van der Waals surface area (Å²) in [4.78, 5) is 0. The number of hydrogen-bond donors (Lipinski definition) is 1. The Balaban J connectivity index is 1.82. The van der Waals surface area contributed by atoms with Gasteiger partial charge in [0.1, 0.15) is 17.4 Å². The first-order valence-electron chi connectivity index (χ1n) is 7.85. The minimum absolute atomic E-state index is 0.357. The third-order valence-corrected chi connectivity index (χ3v) is 4.83. The molecule has 2 nitrogen and oxygen atoms in total.